The summed E-state index contributed by atoms with van der Waals surface area (Å²) in [4.78, 5) is 22.9. The van der Waals surface area contributed by atoms with Gasteiger partial charge in [-0.05, 0) is 30.5 Å². The van der Waals surface area contributed by atoms with Gasteiger partial charge in [-0.1, -0.05) is 12.1 Å². The number of benzene rings is 1. The van der Waals surface area contributed by atoms with Crippen LogP contribution in [-0.4, -0.2) is 46.6 Å². The zero-order valence-electron chi connectivity index (χ0n) is 11.8. The normalized spacial score (nSPS) is 15.7. The van der Waals surface area contributed by atoms with Gasteiger partial charge in [-0.3, -0.25) is 9.80 Å². The Bertz CT molecular complexity index is 507. The van der Waals surface area contributed by atoms with E-state index in [0.717, 1.165) is 18.5 Å². The van der Waals surface area contributed by atoms with Crippen molar-refractivity contribution in [1.29, 1.82) is 0 Å². The van der Waals surface area contributed by atoms with Gasteiger partial charge in [-0.2, -0.15) is 0 Å². The predicted molar refractivity (Wildman–Crippen MR) is 75.0 cm³/mol. The molecule has 6 heteroatoms. The van der Waals surface area contributed by atoms with E-state index in [0.29, 0.717) is 25.9 Å². The van der Waals surface area contributed by atoms with Gasteiger partial charge in [0.05, 0.1) is 5.56 Å². The van der Waals surface area contributed by atoms with Crippen molar-refractivity contribution in [3.05, 3.63) is 42.3 Å². The molecule has 1 heterocycles. The van der Waals surface area contributed by atoms with Crippen molar-refractivity contribution in [2.45, 2.75) is 19.3 Å². The van der Waals surface area contributed by atoms with Crippen LogP contribution in [0, 0.1) is 6.92 Å². The minimum atomic E-state index is -0.930. The maximum atomic E-state index is 11.9. The molecule has 0 unspecified atom stereocenters. The van der Waals surface area contributed by atoms with Crippen molar-refractivity contribution < 1.29 is 35.8 Å². The number of carboxylic acid groups (broad SMARTS) is 1. The molecule has 0 spiro atoms. The Hall–Kier alpha value is -1.19. The van der Waals surface area contributed by atoms with Gasteiger partial charge in [0.25, 0.3) is 0 Å². The van der Waals surface area contributed by atoms with Crippen molar-refractivity contribution in [3.8, 4) is 0 Å². The first-order valence-electron chi connectivity index (χ1n) is 6.78. The molecule has 1 N–H and O–H groups in total. The van der Waals surface area contributed by atoms with Gasteiger partial charge < -0.3 is 12.0 Å². The molecule has 0 aromatic heterocycles. The molecular formula is C15H19N2O3W-. The summed E-state index contributed by atoms with van der Waals surface area (Å²) in [6, 6.07) is 6.84. The van der Waals surface area contributed by atoms with Gasteiger partial charge >= 0.3 is 5.97 Å². The molecule has 5 nitrogen and oxygen atoms in total. The second-order valence-corrected chi connectivity index (χ2v) is 4.83. The molecule has 2 rings (SSSR count). The molecule has 21 heavy (non-hydrogen) atoms. The summed E-state index contributed by atoms with van der Waals surface area (Å²) < 4.78 is 0. The average molecular weight is 459 g/mol. The minimum absolute atomic E-state index is 0. The molecule has 1 aromatic carbocycles. The Morgan fingerprint density at radius 3 is 2.81 bits per heavy atom. The first-order chi connectivity index (χ1) is 9.61. The number of hydrazine groups is 1. The number of carbonyl (C=O) groups is 2. The van der Waals surface area contributed by atoms with Crippen LogP contribution in [0.3, 0.4) is 0 Å². The quantitative estimate of drug-likeness (QED) is 0.681. The molecule has 1 aliphatic heterocycles. The molecule has 1 aromatic rings. The first kappa shape index (κ1) is 17.9. The molecule has 0 atom stereocenters. The van der Waals surface area contributed by atoms with E-state index in [-0.39, 0.29) is 32.5 Å². The Kier molecular flexibility index (Phi) is 7.06. The van der Waals surface area contributed by atoms with Gasteiger partial charge in [0, 0.05) is 40.6 Å². The summed E-state index contributed by atoms with van der Waals surface area (Å²) in [5, 5.41) is 12.7. The average Bonchev–Trinajstić information content (AvgIpc) is 2.46. The Morgan fingerprint density at radius 1 is 1.38 bits per heavy atom. The second kappa shape index (κ2) is 8.30. The SMILES string of the molecule is [CH2-]CN1CCCC(=O)N1CCc1cccc(C(=O)O)c1.[W]. The molecule has 1 aliphatic rings. The van der Waals surface area contributed by atoms with Gasteiger partial charge in [-0.25, -0.2) is 9.80 Å². The van der Waals surface area contributed by atoms with Crippen LogP contribution in [0.4, 0.5) is 0 Å². The van der Waals surface area contributed by atoms with E-state index in [2.05, 4.69) is 6.92 Å². The molecule has 1 saturated heterocycles. The number of carboxylic acids is 1. The zero-order valence-corrected chi connectivity index (χ0v) is 14.8. The van der Waals surface area contributed by atoms with E-state index in [4.69, 9.17) is 5.11 Å². The van der Waals surface area contributed by atoms with Gasteiger partial charge in [0.15, 0.2) is 0 Å². The van der Waals surface area contributed by atoms with E-state index < -0.39 is 5.97 Å². The molecule has 0 bridgehead atoms. The van der Waals surface area contributed by atoms with Gasteiger partial charge in [0.2, 0.25) is 5.91 Å². The largest absolute Gasteiger partial charge is 0.478 e. The van der Waals surface area contributed by atoms with E-state index in [1.807, 2.05) is 11.1 Å². The van der Waals surface area contributed by atoms with Crippen LogP contribution in [-0.2, 0) is 32.3 Å². The first-order valence-corrected chi connectivity index (χ1v) is 6.78. The van der Waals surface area contributed by atoms with Crippen molar-refractivity contribution in [2.75, 3.05) is 19.6 Å². The number of amides is 1. The maximum absolute atomic E-state index is 11.9. The fourth-order valence-corrected chi connectivity index (χ4v) is 2.41. The Morgan fingerprint density at radius 2 is 2.14 bits per heavy atom. The van der Waals surface area contributed by atoms with Crippen molar-refractivity contribution >= 4 is 11.9 Å². The fourth-order valence-electron chi connectivity index (χ4n) is 2.41. The third-order valence-corrected chi connectivity index (χ3v) is 3.48. The van der Waals surface area contributed by atoms with Crippen LogP contribution < -0.4 is 0 Å². The Balaban J connectivity index is 0.00000220. The van der Waals surface area contributed by atoms with Crippen LogP contribution >= 0.6 is 0 Å². The Labute approximate surface area is 139 Å². The van der Waals surface area contributed by atoms with Crippen LogP contribution in [0.15, 0.2) is 24.3 Å². The van der Waals surface area contributed by atoms with E-state index >= 15 is 0 Å². The zero-order chi connectivity index (χ0) is 14.5. The van der Waals surface area contributed by atoms with Crippen LogP contribution in [0.2, 0.25) is 0 Å². The van der Waals surface area contributed by atoms with Crippen molar-refractivity contribution in [3.63, 3.8) is 0 Å². The molecule has 0 saturated carbocycles. The number of nitrogens with zero attached hydrogens (tertiary/aromatic N) is 2. The smallest absolute Gasteiger partial charge is 0.335 e. The number of hydrogen-bond acceptors (Lipinski definition) is 3. The van der Waals surface area contributed by atoms with Gasteiger partial charge in [-0.15, -0.1) is 6.54 Å². The van der Waals surface area contributed by atoms with E-state index in [1.54, 1.807) is 23.2 Å². The minimum Gasteiger partial charge on any atom is -0.478 e. The second-order valence-electron chi connectivity index (χ2n) is 4.83. The van der Waals surface area contributed by atoms with Gasteiger partial charge in [0.1, 0.15) is 0 Å². The molecule has 114 valence electrons. The van der Waals surface area contributed by atoms with Crippen LogP contribution in [0.25, 0.3) is 0 Å². The van der Waals surface area contributed by atoms with Crippen molar-refractivity contribution in [2.24, 2.45) is 0 Å². The third-order valence-electron chi connectivity index (χ3n) is 3.48. The molecule has 0 aliphatic carbocycles. The summed E-state index contributed by atoms with van der Waals surface area (Å²) in [6.45, 7) is 5.83. The molecule has 1 fully saturated rings. The summed E-state index contributed by atoms with van der Waals surface area (Å²) in [7, 11) is 0. The maximum Gasteiger partial charge on any atom is 0.335 e. The monoisotopic (exact) mass is 459 g/mol. The van der Waals surface area contributed by atoms with Crippen LogP contribution in [0.1, 0.15) is 28.8 Å². The van der Waals surface area contributed by atoms with E-state index in [9.17, 15) is 9.59 Å². The van der Waals surface area contributed by atoms with Crippen molar-refractivity contribution in [1.82, 2.24) is 10.0 Å². The van der Waals surface area contributed by atoms with E-state index in [1.165, 1.54) is 0 Å². The summed E-state index contributed by atoms with van der Waals surface area (Å²) in [5.41, 5.74) is 1.20. The number of hydrogen-bond donors (Lipinski definition) is 1. The topological polar surface area (TPSA) is 60.9 Å². The fraction of sp³-hybridized carbons (Fsp3) is 0.400. The number of aromatic carboxylic acids is 1. The number of carbonyl (C=O) groups excluding carboxylic acids is 1. The number of rotatable bonds is 5. The predicted octanol–water partition coefficient (Wildman–Crippen LogP) is 1.60. The summed E-state index contributed by atoms with van der Waals surface area (Å²) >= 11 is 0. The molecule has 0 radical (unpaired) electrons. The molecule has 1 amide bonds. The standard InChI is InChI=1S/C15H19N2O3.W/c1-2-16-9-4-7-14(18)17(16)10-8-12-5-3-6-13(11-12)15(19)20;/h3,5-6,11H,1-2,4,7-10H2,(H,19,20);/q-1;. The summed E-state index contributed by atoms with van der Waals surface area (Å²) in [6.07, 6.45) is 2.09. The van der Waals surface area contributed by atoms with Crippen LogP contribution in [0.5, 0.6) is 0 Å². The molecular weight excluding hydrogens is 440 g/mol. The third kappa shape index (κ3) is 4.65. The summed E-state index contributed by atoms with van der Waals surface area (Å²) in [5.74, 6) is -0.811.